The summed E-state index contributed by atoms with van der Waals surface area (Å²) in [4.78, 5) is 16.9. The maximum Gasteiger partial charge on any atom is 0.410 e. The summed E-state index contributed by atoms with van der Waals surface area (Å²) >= 11 is 0. The summed E-state index contributed by atoms with van der Waals surface area (Å²) < 4.78 is 48.6. The third-order valence-electron chi connectivity index (χ3n) is 6.87. The number of carbonyl (C=O) groups is 1. The largest absolute Gasteiger partial charge is 0.490 e. The molecule has 3 aliphatic rings. The first-order valence-corrected chi connectivity index (χ1v) is 13.7. The Morgan fingerprint density at radius 3 is 2.42 bits per heavy atom. The SMILES string of the molecule is CC(C)(C)OC(=O)N1CCN(C2CCC(COc3ccc(S(C)(=O)=O)cc3F)CC2)C2CC21. The lowest BCUT2D eigenvalue weighted by atomic mass is 9.85. The lowest BCUT2D eigenvalue weighted by molar-refractivity contribution is 0.00528. The fourth-order valence-corrected chi connectivity index (χ4v) is 5.73. The highest BCUT2D eigenvalue weighted by Gasteiger charge is 2.53. The van der Waals surface area contributed by atoms with E-state index in [-0.39, 0.29) is 22.8 Å². The monoisotopic (exact) mass is 482 g/mol. The van der Waals surface area contributed by atoms with E-state index in [1.807, 2.05) is 25.7 Å². The van der Waals surface area contributed by atoms with Crippen LogP contribution >= 0.6 is 0 Å². The van der Waals surface area contributed by atoms with Crippen molar-refractivity contribution in [3.8, 4) is 5.75 Å². The number of ether oxygens (including phenoxy) is 2. The van der Waals surface area contributed by atoms with Crippen LogP contribution in [0.2, 0.25) is 0 Å². The van der Waals surface area contributed by atoms with E-state index in [0.29, 0.717) is 31.2 Å². The number of hydrogen-bond acceptors (Lipinski definition) is 6. The maximum absolute atomic E-state index is 14.2. The third-order valence-corrected chi connectivity index (χ3v) is 7.98. The van der Waals surface area contributed by atoms with Crippen molar-refractivity contribution in [3.63, 3.8) is 0 Å². The molecule has 0 radical (unpaired) electrons. The summed E-state index contributed by atoms with van der Waals surface area (Å²) in [5, 5.41) is 0. The van der Waals surface area contributed by atoms with E-state index in [4.69, 9.17) is 9.47 Å². The van der Waals surface area contributed by atoms with Crippen LogP contribution < -0.4 is 4.74 Å². The van der Waals surface area contributed by atoms with Crippen LogP contribution in [0.3, 0.4) is 0 Å². The first kappa shape index (κ1) is 24.3. The fraction of sp³-hybridized carbons (Fsp3) is 0.708. The number of carbonyl (C=O) groups excluding carboxylic acids is 1. The van der Waals surface area contributed by atoms with Crippen molar-refractivity contribution in [2.24, 2.45) is 5.92 Å². The van der Waals surface area contributed by atoms with Crippen LogP contribution in [0.5, 0.6) is 5.75 Å². The Labute approximate surface area is 196 Å². The second kappa shape index (κ2) is 9.06. The predicted molar refractivity (Wildman–Crippen MR) is 123 cm³/mol. The quantitative estimate of drug-likeness (QED) is 0.634. The second-order valence-corrected chi connectivity index (χ2v) is 12.6. The molecule has 4 rings (SSSR count). The van der Waals surface area contributed by atoms with E-state index < -0.39 is 21.3 Å². The topological polar surface area (TPSA) is 76.2 Å². The maximum atomic E-state index is 14.2. The highest BCUT2D eigenvalue weighted by atomic mass is 32.2. The molecule has 7 nitrogen and oxygen atoms in total. The Kier molecular flexibility index (Phi) is 6.66. The van der Waals surface area contributed by atoms with Crippen LogP contribution in [-0.4, -0.2) is 74.0 Å². The van der Waals surface area contributed by atoms with Gasteiger partial charge in [0.2, 0.25) is 0 Å². The van der Waals surface area contributed by atoms with Crippen molar-refractivity contribution in [3.05, 3.63) is 24.0 Å². The summed E-state index contributed by atoms with van der Waals surface area (Å²) in [6.07, 6.45) is 6.03. The van der Waals surface area contributed by atoms with Crippen LogP contribution in [0.1, 0.15) is 52.9 Å². The standard InChI is InChI=1S/C24H35FN2O5S/c1-24(2,3)32-23(28)27-12-11-26(20-14-21(20)27)17-7-5-16(6-8-17)15-31-22-10-9-18(13-19(22)25)33(4,29)30/h9-10,13,16-17,20-21H,5-8,11-12,14-15H2,1-4H3. The number of halogens is 1. The number of nitrogens with zero attached hydrogens (tertiary/aromatic N) is 2. The highest BCUT2D eigenvalue weighted by Crippen LogP contribution is 2.41. The average Bonchev–Trinajstić information content (AvgIpc) is 3.51. The Morgan fingerprint density at radius 2 is 1.82 bits per heavy atom. The Balaban J connectivity index is 1.23. The van der Waals surface area contributed by atoms with Gasteiger partial charge >= 0.3 is 6.09 Å². The van der Waals surface area contributed by atoms with Crippen molar-refractivity contribution in [1.29, 1.82) is 0 Å². The van der Waals surface area contributed by atoms with Crippen LogP contribution in [0, 0.1) is 11.7 Å². The van der Waals surface area contributed by atoms with E-state index in [1.54, 1.807) is 0 Å². The molecule has 0 spiro atoms. The van der Waals surface area contributed by atoms with E-state index in [2.05, 4.69) is 4.90 Å². The van der Waals surface area contributed by atoms with E-state index in [1.165, 1.54) is 12.1 Å². The van der Waals surface area contributed by atoms with Gasteiger partial charge in [0.15, 0.2) is 21.4 Å². The number of fused-ring (bicyclic) bond motifs is 1. The zero-order chi connectivity index (χ0) is 24.0. The van der Waals surface area contributed by atoms with Crippen LogP contribution in [-0.2, 0) is 14.6 Å². The Bertz CT molecular complexity index is 985. The van der Waals surface area contributed by atoms with Crippen molar-refractivity contribution in [2.45, 2.75) is 81.5 Å². The molecule has 1 heterocycles. The minimum atomic E-state index is -3.44. The van der Waals surface area contributed by atoms with Crippen LogP contribution in [0.4, 0.5) is 9.18 Å². The second-order valence-electron chi connectivity index (χ2n) is 10.6. The molecular formula is C24H35FN2O5S. The van der Waals surface area contributed by atoms with Gasteiger partial charge in [0.05, 0.1) is 17.5 Å². The summed E-state index contributed by atoms with van der Waals surface area (Å²) in [6.45, 7) is 7.71. The minimum absolute atomic E-state index is 0.0435. The van der Waals surface area contributed by atoms with Crippen molar-refractivity contribution < 1.29 is 27.1 Å². The predicted octanol–water partition coefficient (Wildman–Crippen LogP) is 3.86. The molecule has 2 unspecified atom stereocenters. The van der Waals surface area contributed by atoms with Gasteiger partial charge in [-0.3, -0.25) is 4.90 Å². The summed E-state index contributed by atoms with van der Waals surface area (Å²) in [7, 11) is -3.44. The molecule has 3 fully saturated rings. The molecule has 0 aromatic heterocycles. The number of hydrogen-bond donors (Lipinski definition) is 0. The van der Waals surface area contributed by atoms with Crippen molar-refractivity contribution in [1.82, 2.24) is 9.80 Å². The highest BCUT2D eigenvalue weighted by molar-refractivity contribution is 7.90. The number of piperazine rings is 1. The zero-order valence-corrected chi connectivity index (χ0v) is 20.7. The average molecular weight is 483 g/mol. The molecule has 2 aliphatic carbocycles. The molecule has 1 aliphatic heterocycles. The summed E-state index contributed by atoms with van der Waals surface area (Å²) in [6, 6.07) is 5.02. The first-order valence-electron chi connectivity index (χ1n) is 11.8. The number of sulfone groups is 1. The number of rotatable bonds is 5. The normalized spacial score (nSPS) is 28.2. The fourth-order valence-electron chi connectivity index (χ4n) is 5.10. The molecule has 9 heteroatoms. The van der Waals surface area contributed by atoms with Crippen molar-refractivity contribution >= 4 is 15.9 Å². The molecule has 0 N–H and O–H groups in total. The van der Waals surface area contributed by atoms with Crippen molar-refractivity contribution in [2.75, 3.05) is 26.0 Å². The lowest BCUT2D eigenvalue weighted by Gasteiger charge is -2.41. The van der Waals surface area contributed by atoms with Gasteiger partial charge in [0, 0.05) is 31.4 Å². The molecule has 2 saturated carbocycles. The summed E-state index contributed by atoms with van der Waals surface area (Å²) in [5.41, 5.74) is -0.474. The van der Waals surface area contributed by atoms with Gasteiger partial charge in [0.25, 0.3) is 0 Å². The van der Waals surface area contributed by atoms with Gasteiger partial charge in [-0.2, -0.15) is 0 Å². The van der Waals surface area contributed by atoms with Gasteiger partial charge in [-0.15, -0.1) is 0 Å². The number of amides is 1. The molecule has 184 valence electrons. The molecule has 2 atom stereocenters. The lowest BCUT2D eigenvalue weighted by Crippen LogP contribution is -2.53. The minimum Gasteiger partial charge on any atom is -0.490 e. The van der Waals surface area contributed by atoms with Gasteiger partial charge in [-0.1, -0.05) is 0 Å². The van der Waals surface area contributed by atoms with Gasteiger partial charge in [-0.05, 0) is 77.0 Å². The molecule has 1 saturated heterocycles. The van der Waals surface area contributed by atoms with Gasteiger partial charge in [0.1, 0.15) is 5.60 Å². The number of benzene rings is 1. The van der Waals surface area contributed by atoms with E-state index in [9.17, 15) is 17.6 Å². The molecule has 1 amide bonds. The summed E-state index contributed by atoms with van der Waals surface area (Å²) in [5.74, 6) is -0.189. The van der Waals surface area contributed by atoms with Gasteiger partial charge in [-0.25, -0.2) is 17.6 Å². The molecular weight excluding hydrogens is 447 g/mol. The van der Waals surface area contributed by atoms with E-state index >= 15 is 0 Å². The van der Waals surface area contributed by atoms with Crippen LogP contribution in [0.15, 0.2) is 23.1 Å². The molecule has 1 aromatic rings. The molecule has 1 aromatic carbocycles. The molecule has 33 heavy (non-hydrogen) atoms. The zero-order valence-electron chi connectivity index (χ0n) is 19.9. The van der Waals surface area contributed by atoms with Gasteiger partial charge < -0.3 is 14.4 Å². The first-order chi connectivity index (χ1) is 15.4. The Hall–Kier alpha value is -1.87. The molecule has 0 bridgehead atoms. The van der Waals surface area contributed by atoms with Crippen LogP contribution in [0.25, 0.3) is 0 Å². The van der Waals surface area contributed by atoms with E-state index in [0.717, 1.165) is 51.0 Å². The third kappa shape index (κ3) is 5.80. The Morgan fingerprint density at radius 1 is 1.12 bits per heavy atom. The smallest absolute Gasteiger partial charge is 0.410 e.